The van der Waals surface area contributed by atoms with Crippen molar-refractivity contribution in [1.82, 2.24) is 4.90 Å². The molecule has 1 aromatic carbocycles. The molecule has 1 fully saturated rings. The van der Waals surface area contributed by atoms with Crippen molar-refractivity contribution in [1.29, 1.82) is 0 Å². The smallest absolute Gasteiger partial charge is 0.247 e. The molecule has 4 nitrogen and oxygen atoms in total. The fourth-order valence-electron chi connectivity index (χ4n) is 2.94. The number of nitrogens with zero attached hydrogens (tertiary/aromatic N) is 1. The molecule has 2 unspecified atom stereocenters. The molecule has 20 heavy (non-hydrogen) atoms. The van der Waals surface area contributed by atoms with Crippen molar-refractivity contribution in [2.24, 2.45) is 5.73 Å². The molecule has 1 saturated heterocycles. The first-order valence-corrected chi connectivity index (χ1v) is 7.33. The van der Waals surface area contributed by atoms with Crippen molar-refractivity contribution in [2.75, 3.05) is 13.2 Å². The van der Waals surface area contributed by atoms with E-state index in [-0.39, 0.29) is 18.6 Å². The van der Waals surface area contributed by atoms with Gasteiger partial charge in [0.05, 0.1) is 0 Å². The van der Waals surface area contributed by atoms with Crippen LogP contribution in [0.1, 0.15) is 38.2 Å². The number of likely N-dealkylation sites (tertiary alicyclic amines) is 1. The van der Waals surface area contributed by atoms with Crippen LogP contribution in [0.15, 0.2) is 30.3 Å². The maximum atomic E-state index is 12.8. The molecule has 2 atom stereocenters. The molecule has 4 heteroatoms. The van der Waals surface area contributed by atoms with Gasteiger partial charge in [-0.1, -0.05) is 30.3 Å². The molecule has 1 heterocycles. The normalized spacial score (nSPS) is 21.8. The summed E-state index contributed by atoms with van der Waals surface area (Å²) in [7, 11) is 0. The summed E-state index contributed by atoms with van der Waals surface area (Å²) in [5, 5.41) is 8.96. The van der Waals surface area contributed by atoms with Crippen molar-refractivity contribution in [2.45, 2.75) is 44.2 Å². The van der Waals surface area contributed by atoms with Crippen LogP contribution < -0.4 is 5.73 Å². The van der Waals surface area contributed by atoms with E-state index in [4.69, 9.17) is 10.8 Å². The molecule has 1 aliphatic heterocycles. The minimum atomic E-state index is -0.983. The zero-order chi connectivity index (χ0) is 14.6. The van der Waals surface area contributed by atoms with Crippen LogP contribution >= 0.6 is 0 Å². The van der Waals surface area contributed by atoms with E-state index >= 15 is 0 Å². The summed E-state index contributed by atoms with van der Waals surface area (Å²) in [6, 6.07) is 9.75. The van der Waals surface area contributed by atoms with Crippen LogP contribution in [-0.2, 0) is 10.3 Å². The number of hydrogen-bond acceptors (Lipinski definition) is 3. The Balaban J connectivity index is 2.13. The van der Waals surface area contributed by atoms with Crippen molar-refractivity contribution >= 4 is 5.91 Å². The zero-order valence-corrected chi connectivity index (χ0v) is 12.1. The van der Waals surface area contributed by atoms with Gasteiger partial charge in [0.2, 0.25) is 5.91 Å². The number of amides is 1. The summed E-state index contributed by atoms with van der Waals surface area (Å²) >= 11 is 0. The number of hydrogen-bond donors (Lipinski definition) is 2. The summed E-state index contributed by atoms with van der Waals surface area (Å²) < 4.78 is 0. The molecular formula is C16H24N2O2. The van der Waals surface area contributed by atoms with Gasteiger partial charge in [-0.15, -0.1) is 0 Å². The Hall–Kier alpha value is -1.39. The summed E-state index contributed by atoms with van der Waals surface area (Å²) in [4.78, 5) is 14.7. The Bertz CT molecular complexity index is 445. The molecule has 0 aliphatic carbocycles. The molecule has 1 aromatic rings. The zero-order valence-electron chi connectivity index (χ0n) is 12.1. The predicted molar refractivity (Wildman–Crippen MR) is 79.0 cm³/mol. The third kappa shape index (κ3) is 3.02. The van der Waals surface area contributed by atoms with Crippen LogP contribution in [0, 0.1) is 0 Å². The average molecular weight is 276 g/mol. The molecule has 0 aromatic heterocycles. The van der Waals surface area contributed by atoms with Gasteiger partial charge < -0.3 is 15.7 Å². The molecule has 110 valence electrons. The molecule has 2 rings (SSSR count). The van der Waals surface area contributed by atoms with Gasteiger partial charge in [-0.05, 0) is 38.2 Å². The first kappa shape index (κ1) is 15.0. The second kappa shape index (κ2) is 6.37. The van der Waals surface area contributed by atoms with Crippen LogP contribution in [0.25, 0.3) is 0 Å². The second-order valence-electron chi connectivity index (χ2n) is 5.73. The maximum absolute atomic E-state index is 12.8. The number of aliphatic hydroxyl groups excluding tert-OH is 1. The number of carbonyl (C=O) groups excluding carboxylic acids is 1. The molecule has 0 bridgehead atoms. The van der Waals surface area contributed by atoms with Gasteiger partial charge in [-0.3, -0.25) is 4.79 Å². The number of aliphatic hydroxyl groups is 1. The first-order valence-electron chi connectivity index (χ1n) is 7.33. The van der Waals surface area contributed by atoms with Crippen molar-refractivity contribution in [3.63, 3.8) is 0 Å². The minimum absolute atomic E-state index is 0.0101. The third-order valence-corrected chi connectivity index (χ3v) is 4.15. The van der Waals surface area contributed by atoms with E-state index in [2.05, 4.69) is 0 Å². The third-order valence-electron chi connectivity index (χ3n) is 4.15. The largest absolute Gasteiger partial charge is 0.396 e. The van der Waals surface area contributed by atoms with E-state index < -0.39 is 5.54 Å². The average Bonchev–Trinajstić information content (AvgIpc) is 2.93. The predicted octanol–water partition coefficient (Wildman–Crippen LogP) is 1.62. The highest BCUT2D eigenvalue weighted by Gasteiger charge is 2.38. The monoisotopic (exact) mass is 276 g/mol. The molecule has 1 aliphatic rings. The quantitative estimate of drug-likeness (QED) is 0.859. The highest BCUT2D eigenvalue weighted by Crippen LogP contribution is 2.27. The van der Waals surface area contributed by atoms with Gasteiger partial charge >= 0.3 is 0 Å². The van der Waals surface area contributed by atoms with Crippen LogP contribution in [0.5, 0.6) is 0 Å². The van der Waals surface area contributed by atoms with Crippen molar-refractivity contribution in [3.05, 3.63) is 35.9 Å². The van der Waals surface area contributed by atoms with Crippen LogP contribution in [0.3, 0.4) is 0 Å². The van der Waals surface area contributed by atoms with Crippen LogP contribution in [-0.4, -0.2) is 35.1 Å². The summed E-state index contributed by atoms with van der Waals surface area (Å²) in [6.07, 6.45) is 3.62. The van der Waals surface area contributed by atoms with E-state index in [9.17, 15) is 4.79 Å². The summed E-state index contributed by atoms with van der Waals surface area (Å²) in [5.74, 6) is -0.0101. The molecule has 0 radical (unpaired) electrons. The van der Waals surface area contributed by atoms with E-state index in [1.165, 1.54) is 0 Å². The summed E-state index contributed by atoms with van der Waals surface area (Å²) in [6.45, 7) is 2.73. The second-order valence-corrected chi connectivity index (χ2v) is 5.73. The van der Waals surface area contributed by atoms with Crippen molar-refractivity contribution in [3.8, 4) is 0 Å². The van der Waals surface area contributed by atoms with E-state index in [1.54, 1.807) is 6.92 Å². The van der Waals surface area contributed by atoms with Gasteiger partial charge in [0.15, 0.2) is 0 Å². The van der Waals surface area contributed by atoms with E-state index in [0.717, 1.165) is 37.8 Å². The highest BCUT2D eigenvalue weighted by molar-refractivity contribution is 5.87. The summed E-state index contributed by atoms with van der Waals surface area (Å²) in [5.41, 5.74) is 6.17. The minimum Gasteiger partial charge on any atom is -0.396 e. The lowest BCUT2D eigenvalue weighted by atomic mass is 9.91. The fraction of sp³-hybridized carbons (Fsp3) is 0.562. The Kier molecular flexibility index (Phi) is 4.78. The lowest BCUT2D eigenvalue weighted by molar-refractivity contribution is -0.137. The Morgan fingerprint density at radius 2 is 2.15 bits per heavy atom. The highest BCUT2D eigenvalue weighted by atomic mass is 16.3. The lowest BCUT2D eigenvalue weighted by Gasteiger charge is -2.33. The standard InChI is InChI=1S/C16H24N2O2/c1-16(17,13-7-3-2-4-8-13)15(20)18-11-5-9-14(18)10-6-12-19/h2-4,7-8,14,19H,5-6,9-12,17H2,1H3. The van der Waals surface area contributed by atoms with Crippen molar-refractivity contribution < 1.29 is 9.90 Å². The van der Waals surface area contributed by atoms with Crippen LogP contribution in [0.2, 0.25) is 0 Å². The van der Waals surface area contributed by atoms with Crippen LogP contribution in [0.4, 0.5) is 0 Å². The Morgan fingerprint density at radius 3 is 2.80 bits per heavy atom. The Morgan fingerprint density at radius 1 is 1.45 bits per heavy atom. The topological polar surface area (TPSA) is 66.6 Å². The lowest BCUT2D eigenvalue weighted by Crippen LogP contribution is -2.52. The van der Waals surface area contributed by atoms with E-state index in [0.29, 0.717) is 0 Å². The fourth-order valence-corrected chi connectivity index (χ4v) is 2.94. The SMILES string of the molecule is CC(N)(C(=O)N1CCCC1CCCO)c1ccccc1. The number of nitrogens with two attached hydrogens (primary N) is 1. The molecule has 0 spiro atoms. The number of rotatable bonds is 5. The van der Waals surface area contributed by atoms with Gasteiger partial charge in [0.25, 0.3) is 0 Å². The molecule has 1 amide bonds. The van der Waals surface area contributed by atoms with Gasteiger partial charge in [0, 0.05) is 19.2 Å². The molecular weight excluding hydrogens is 252 g/mol. The van der Waals surface area contributed by atoms with Gasteiger partial charge in [0.1, 0.15) is 5.54 Å². The Labute approximate surface area is 120 Å². The number of benzene rings is 1. The van der Waals surface area contributed by atoms with E-state index in [1.807, 2.05) is 35.2 Å². The first-order chi connectivity index (χ1) is 9.57. The molecule has 0 saturated carbocycles. The maximum Gasteiger partial charge on any atom is 0.247 e. The van der Waals surface area contributed by atoms with Gasteiger partial charge in [-0.2, -0.15) is 0 Å². The van der Waals surface area contributed by atoms with Gasteiger partial charge in [-0.25, -0.2) is 0 Å². The number of carbonyl (C=O) groups is 1. The molecule has 3 N–H and O–H groups in total.